The predicted molar refractivity (Wildman–Crippen MR) is 70.9 cm³/mol. The lowest BCUT2D eigenvalue weighted by molar-refractivity contribution is 0.464. The standard InChI is InChI=1S/C14H16N2O/c1-9(2)13-5-4-11(6-14(13)17)12-7-15-10(3)16-8-12/h4-9,15,17H,3H2,1-2H3. The van der Waals surface area contributed by atoms with E-state index in [1.54, 1.807) is 12.3 Å². The van der Waals surface area contributed by atoms with Crippen LogP contribution < -0.4 is 5.32 Å². The average Bonchev–Trinajstić information content (AvgIpc) is 2.29. The molecule has 3 heteroatoms. The van der Waals surface area contributed by atoms with Crippen LogP contribution in [0.1, 0.15) is 30.9 Å². The van der Waals surface area contributed by atoms with Crippen LogP contribution in [0.4, 0.5) is 0 Å². The quantitative estimate of drug-likeness (QED) is 0.817. The van der Waals surface area contributed by atoms with Gasteiger partial charge >= 0.3 is 0 Å². The number of rotatable bonds is 2. The summed E-state index contributed by atoms with van der Waals surface area (Å²) in [5, 5.41) is 12.9. The molecule has 2 N–H and O–H groups in total. The zero-order valence-electron chi connectivity index (χ0n) is 10.1. The summed E-state index contributed by atoms with van der Waals surface area (Å²) in [5.74, 6) is 1.27. The van der Waals surface area contributed by atoms with Gasteiger partial charge in [-0.3, -0.25) is 0 Å². The third-order valence-corrected chi connectivity index (χ3v) is 2.74. The van der Waals surface area contributed by atoms with Crippen LogP contribution >= 0.6 is 0 Å². The summed E-state index contributed by atoms with van der Waals surface area (Å²) in [7, 11) is 0. The molecule has 0 aromatic heterocycles. The Bertz CT molecular complexity index is 513. The van der Waals surface area contributed by atoms with Gasteiger partial charge in [0.2, 0.25) is 0 Å². The SMILES string of the molecule is C=C1N=CC(c2ccc(C(C)C)c(O)c2)=CN1. The average molecular weight is 228 g/mol. The van der Waals surface area contributed by atoms with Crippen LogP contribution in [-0.4, -0.2) is 11.3 Å². The molecule has 0 saturated carbocycles. The Hall–Kier alpha value is -2.03. The summed E-state index contributed by atoms with van der Waals surface area (Å²) in [5.41, 5.74) is 2.83. The van der Waals surface area contributed by atoms with E-state index in [-0.39, 0.29) is 0 Å². The number of phenols is 1. The second-order valence-corrected chi connectivity index (χ2v) is 4.38. The number of nitrogens with zero attached hydrogens (tertiary/aromatic N) is 1. The van der Waals surface area contributed by atoms with E-state index in [1.807, 2.05) is 18.3 Å². The zero-order valence-corrected chi connectivity index (χ0v) is 10.1. The third kappa shape index (κ3) is 2.38. The van der Waals surface area contributed by atoms with Crippen molar-refractivity contribution in [2.45, 2.75) is 19.8 Å². The van der Waals surface area contributed by atoms with Crippen molar-refractivity contribution in [3.63, 3.8) is 0 Å². The first kappa shape index (κ1) is 11.5. The van der Waals surface area contributed by atoms with E-state index in [0.29, 0.717) is 17.5 Å². The molecule has 0 bridgehead atoms. The van der Waals surface area contributed by atoms with E-state index in [2.05, 4.69) is 30.7 Å². The minimum atomic E-state index is 0.316. The molecule has 0 unspecified atom stereocenters. The van der Waals surface area contributed by atoms with Crippen LogP contribution in [0.15, 0.2) is 41.8 Å². The lowest BCUT2D eigenvalue weighted by atomic mass is 9.98. The van der Waals surface area contributed by atoms with Crippen molar-refractivity contribution in [1.82, 2.24) is 5.32 Å². The number of phenolic OH excluding ortho intramolecular Hbond substituents is 1. The van der Waals surface area contributed by atoms with Crippen molar-refractivity contribution < 1.29 is 5.11 Å². The van der Waals surface area contributed by atoms with Crippen LogP contribution in [0.5, 0.6) is 5.75 Å². The second kappa shape index (κ2) is 4.45. The van der Waals surface area contributed by atoms with Gasteiger partial charge < -0.3 is 10.4 Å². The zero-order chi connectivity index (χ0) is 12.4. The monoisotopic (exact) mass is 228 g/mol. The van der Waals surface area contributed by atoms with Gasteiger partial charge in [-0.1, -0.05) is 32.6 Å². The fourth-order valence-corrected chi connectivity index (χ4v) is 1.75. The Balaban J connectivity index is 2.33. The first-order chi connectivity index (χ1) is 8.08. The molecular formula is C14H16N2O. The highest BCUT2D eigenvalue weighted by atomic mass is 16.3. The van der Waals surface area contributed by atoms with Gasteiger partial charge in [-0.2, -0.15) is 0 Å². The highest BCUT2D eigenvalue weighted by Gasteiger charge is 2.09. The molecule has 1 heterocycles. The summed E-state index contributed by atoms with van der Waals surface area (Å²) in [6.07, 6.45) is 3.57. The van der Waals surface area contributed by atoms with E-state index >= 15 is 0 Å². The van der Waals surface area contributed by atoms with E-state index < -0.39 is 0 Å². The van der Waals surface area contributed by atoms with Gasteiger partial charge in [0.25, 0.3) is 0 Å². The number of allylic oxidation sites excluding steroid dienone is 1. The maximum absolute atomic E-state index is 9.93. The minimum absolute atomic E-state index is 0.316. The van der Waals surface area contributed by atoms with E-state index in [4.69, 9.17) is 0 Å². The fraction of sp³-hybridized carbons (Fsp3) is 0.214. The molecule has 1 aromatic carbocycles. The van der Waals surface area contributed by atoms with Crippen LogP contribution in [0, 0.1) is 0 Å². The summed E-state index contributed by atoms with van der Waals surface area (Å²) >= 11 is 0. The number of aromatic hydroxyl groups is 1. The maximum Gasteiger partial charge on any atom is 0.122 e. The smallest absolute Gasteiger partial charge is 0.122 e. The van der Waals surface area contributed by atoms with E-state index in [1.165, 1.54) is 0 Å². The lowest BCUT2D eigenvalue weighted by Crippen LogP contribution is -2.08. The fourth-order valence-electron chi connectivity index (χ4n) is 1.75. The third-order valence-electron chi connectivity index (χ3n) is 2.74. The summed E-state index contributed by atoms with van der Waals surface area (Å²) in [4.78, 5) is 4.09. The Kier molecular flexibility index (Phi) is 3.00. The summed E-state index contributed by atoms with van der Waals surface area (Å²) in [6, 6.07) is 5.71. The van der Waals surface area contributed by atoms with Crippen molar-refractivity contribution in [3.8, 4) is 5.75 Å². The molecule has 3 nitrogen and oxygen atoms in total. The second-order valence-electron chi connectivity index (χ2n) is 4.38. The molecule has 1 aliphatic rings. The molecule has 0 atom stereocenters. The van der Waals surface area contributed by atoms with Crippen molar-refractivity contribution >= 4 is 11.8 Å². The summed E-state index contributed by atoms with van der Waals surface area (Å²) < 4.78 is 0. The van der Waals surface area contributed by atoms with Gasteiger partial charge in [0.1, 0.15) is 11.6 Å². The number of aliphatic imine (C=N–C) groups is 1. The van der Waals surface area contributed by atoms with E-state index in [9.17, 15) is 5.11 Å². The molecule has 1 aromatic rings. The summed E-state index contributed by atoms with van der Waals surface area (Å²) in [6.45, 7) is 7.81. The topological polar surface area (TPSA) is 44.6 Å². The predicted octanol–water partition coefficient (Wildman–Crippen LogP) is 3.00. The number of benzene rings is 1. The lowest BCUT2D eigenvalue weighted by Gasteiger charge is -2.13. The van der Waals surface area contributed by atoms with Crippen molar-refractivity contribution in [2.75, 3.05) is 0 Å². The van der Waals surface area contributed by atoms with Crippen LogP contribution in [0.2, 0.25) is 0 Å². The molecule has 0 fully saturated rings. The number of hydrogen-bond acceptors (Lipinski definition) is 3. The molecule has 88 valence electrons. The molecule has 0 saturated heterocycles. The highest BCUT2D eigenvalue weighted by Crippen LogP contribution is 2.28. The van der Waals surface area contributed by atoms with E-state index in [0.717, 1.165) is 16.7 Å². The largest absolute Gasteiger partial charge is 0.508 e. The molecule has 0 aliphatic carbocycles. The van der Waals surface area contributed by atoms with Crippen LogP contribution in [-0.2, 0) is 0 Å². The molecular weight excluding hydrogens is 212 g/mol. The molecule has 0 amide bonds. The highest BCUT2D eigenvalue weighted by molar-refractivity contribution is 6.10. The first-order valence-electron chi connectivity index (χ1n) is 5.61. The molecule has 1 aliphatic heterocycles. The molecule has 0 spiro atoms. The Morgan fingerprint density at radius 3 is 2.65 bits per heavy atom. The Morgan fingerprint density at radius 1 is 1.35 bits per heavy atom. The van der Waals surface area contributed by atoms with Gasteiger partial charge in [-0.15, -0.1) is 0 Å². The first-order valence-corrected chi connectivity index (χ1v) is 5.61. The number of nitrogens with one attached hydrogen (secondary N) is 1. The van der Waals surface area contributed by atoms with Crippen molar-refractivity contribution in [3.05, 3.63) is 47.9 Å². The van der Waals surface area contributed by atoms with Gasteiger partial charge in [0.15, 0.2) is 0 Å². The molecule has 0 radical (unpaired) electrons. The van der Waals surface area contributed by atoms with Crippen molar-refractivity contribution in [1.29, 1.82) is 0 Å². The van der Waals surface area contributed by atoms with Gasteiger partial charge in [0.05, 0.1) is 0 Å². The van der Waals surface area contributed by atoms with Crippen LogP contribution in [0.3, 0.4) is 0 Å². The number of hydrogen-bond donors (Lipinski definition) is 2. The molecule has 17 heavy (non-hydrogen) atoms. The Labute approximate surface area is 101 Å². The van der Waals surface area contributed by atoms with Crippen molar-refractivity contribution in [2.24, 2.45) is 4.99 Å². The Morgan fingerprint density at radius 2 is 2.12 bits per heavy atom. The van der Waals surface area contributed by atoms with Gasteiger partial charge in [-0.25, -0.2) is 4.99 Å². The van der Waals surface area contributed by atoms with Gasteiger partial charge in [0, 0.05) is 18.0 Å². The van der Waals surface area contributed by atoms with Gasteiger partial charge in [-0.05, 0) is 23.1 Å². The normalized spacial score (nSPS) is 14.8. The molecule has 2 rings (SSSR count). The minimum Gasteiger partial charge on any atom is -0.508 e. The maximum atomic E-state index is 9.93. The van der Waals surface area contributed by atoms with Crippen LogP contribution in [0.25, 0.3) is 5.57 Å².